The van der Waals surface area contributed by atoms with Gasteiger partial charge in [0.2, 0.25) is 0 Å². The van der Waals surface area contributed by atoms with Crippen molar-refractivity contribution in [2.45, 2.75) is 26.7 Å². The van der Waals surface area contributed by atoms with E-state index in [2.05, 4.69) is 56.0 Å². The fraction of sp³-hybridized carbons (Fsp3) is 0.600. The summed E-state index contributed by atoms with van der Waals surface area (Å²) in [7, 11) is 0. The van der Waals surface area contributed by atoms with Gasteiger partial charge in [0.1, 0.15) is 0 Å². The molecule has 2 rings (SSSR count). The Morgan fingerprint density at radius 3 is 2.50 bits per heavy atom. The van der Waals surface area contributed by atoms with E-state index in [-0.39, 0.29) is 0 Å². The molecule has 1 fully saturated rings. The minimum atomic E-state index is 0.736. The lowest BCUT2D eigenvalue weighted by Gasteiger charge is -2.18. The molecule has 2 unspecified atom stereocenters. The number of nitrogens with zero attached hydrogens (tertiary/aromatic N) is 1. The molecule has 1 aliphatic rings. The molecule has 0 saturated carbocycles. The van der Waals surface area contributed by atoms with E-state index in [1.54, 1.807) is 0 Å². The third-order valence-corrected chi connectivity index (χ3v) is 3.54. The van der Waals surface area contributed by atoms with Gasteiger partial charge in [-0.25, -0.2) is 0 Å². The molecule has 0 bridgehead atoms. The van der Waals surface area contributed by atoms with Crippen LogP contribution in [0.1, 0.15) is 32.3 Å². The Labute approximate surface area is 99.5 Å². The van der Waals surface area contributed by atoms with Gasteiger partial charge in [-0.1, -0.05) is 51.1 Å². The molecule has 1 heteroatoms. The summed E-state index contributed by atoms with van der Waals surface area (Å²) in [5.74, 6) is 2.31. The summed E-state index contributed by atoms with van der Waals surface area (Å²) < 4.78 is 0. The van der Waals surface area contributed by atoms with E-state index in [0.717, 1.165) is 17.8 Å². The normalized spacial score (nSPS) is 26.5. The average molecular weight is 217 g/mol. The Bertz CT molecular complexity index is 317. The van der Waals surface area contributed by atoms with Gasteiger partial charge in [-0.3, -0.25) is 0 Å². The lowest BCUT2D eigenvalue weighted by atomic mass is 9.90. The monoisotopic (exact) mass is 217 g/mol. The number of rotatable bonds is 3. The molecule has 1 heterocycles. The molecule has 1 aliphatic heterocycles. The quantitative estimate of drug-likeness (QED) is 0.750. The van der Waals surface area contributed by atoms with Crippen LogP contribution in [0.4, 0.5) is 0 Å². The Morgan fingerprint density at radius 1 is 1.19 bits per heavy atom. The second-order valence-electron chi connectivity index (χ2n) is 5.61. The van der Waals surface area contributed by atoms with Crippen molar-refractivity contribution in [3.05, 3.63) is 35.9 Å². The molecule has 0 spiro atoms. The molecule has 2 atom stereocenters. The summed E-state index contributed by atoms with van der Waals surface area (Å²) >= 11 is 0. The third-order valence-electron chi connectivity index (χ3n) is 3.54. The fourth-order valence-electron chi connectivity index (χ4n) is 2.87. The zero-order valence-corrected chi connectivity index (χ0v) is 10.7. The van der Waals surface area contributed by atoms with E-state index in [9.17, 15) is 0 Å². The lowest BCUT2D eigenvalue weighted by Crippen LogP contribution is -2.25. The molecule has 0 radical (unpaired) electrons. The van der Waals surface area contributed by atoms with Crippen molar-refractivity contribution in [1.29, 1.82) is 0 Å². The van der Waals surface area contributed by atoms with Gasteiger partial charge in [0.15, 0.2) is 0 Å². The van der Waals surface area contributed by atoms with Crippen LogP contribution in [0.2, 0.25) is 0 Å². The van der Waals surface area contributed by atoms with Crippen molar-refractivity contribution >= 4 is 0 Å². The molecule has 1 aromatic rings. The number of likely N-dealkylation sites (tertiary alicyclic amines) is 1. The van der Waals surface area contributed by atoms with Gasteiger partial charge in [-0.05, 0) is 17.4 Å². The van der Waals surface area contributed by atoms with Crippen molar-refractivity contribution in [1.82, 2.24) is 4.90 Å². The summed E-state index contributed by atoms with van der Waals surface area (Å²) in [6, 6.07) is 11.0. The molecule has 0 N–H and O–H groups in total. The Morgan fingerprint density at radius 2 is 1.88 bits per heavy atom. The van der Waals surface area contributed by atoms with Crippen molar-refractivity contribution < 1.29 is 0 Å². The number of hydrogen-bond acceptors (Lipinski definition) is 1. The van der Waals surface area contributed by atoms with Gasteiger partial charge in [0.05, 0.1) is 0 Å². The Hall–Kier alpha value is -0.820. The molecule has 0 amide bonds. The zero-order chi connectivity index (χ0) is 11.5. The van der Waals surface area contributed by atoms with Crippen LogP contribution in [0, 0.1) is 11.8 Å². The molecule has 1 aromatic carbocycles. The van der Waals surface area contributed by atoms with Crippen LogP contribution in [0.5, 0.6) is 0 Å². The summed E-state index contributed by atoms with van der Waals surface area (Å²) in [6.07, 6.45) is 0. The molecular weight excluding hydrogens is 194 g/mol. The minimum Gasteiger partial charge on any atom is -0.302 e. The van der Waals surface area contributed by atoms with Crippen molar-refractivity contribution in [2.24, 2.45) is 11.8 Å². The first-order valence-corrected chi connectivity index (χ1v) is 6.44. The summed E-state index contributed by atoms with van der Waals surface area (Å²) in [4.78, 5) is 2.62. The van der Waals surface area contributed by atoms with E-state index in [1.807, 2.05) is 0 Å². The topological polar surface area (TPSA) is 3.24 Å². The summed E-state index contributed by atoms with van der Waals surface area (Å²) in [5.41, 5.74) is 1.52. The van der Waals surface area contributed by atoms with E-state index in [0.29, 0.717) is 0 Å². The van der Waals surface area contributed by atoms with E-state index in [4.69, 9.17) is 0 Å². The fourth-order valence-corrected chi connectivity index (χ4v) is 2.87. The molecule has 1 saturated heterocycles. The van der Waals surface area contributed by atoms with Crippen molar-refractivity contribution in [3.8, 4) is 0 Å². The van der Waals surface area contributed by atoms with Gasteiger partial charge in [-0.2, -0.15) is 0 Å². The molecule has 0 aromatic heterocycles. The second-order valence-corrected chi connectivity index (χ2v) is 5.61. The SMILES string of the molecule is CC(C)CN1CC(C)C(c2ccccc2)C1. The third kappa shape index (κ3) is 2.65. The maximum atomic E-state index is 2.62. The maximum Gasteiger partial charge on any atom is 0.00535 e. The number of benzene rings is 1. The van der Waals surface area contributed by atoms with Crippen molar-refractivity contribution in [3.63, 3.8) is 0 Å². The Balaban J connectivity index is 2.03. The van der Waals surface area contributed by atoms with E-state index >= 15 is 0 Å². The lowest BCUT2D eigenvalue weighted by molar-refractivity contribution is 0.288. The highest BCUT2D eigenvalue weighted by molar-refractivity contribution is 5.22. The van der Waals surface area contributed by atoms with Gasteiger partial charge < -0.3 is 4.90 Å². The standard InChI is InChI=1S/C15H23N/c1-12(2)9-16-10-13(3)15(11-16)14-7-5-4-6-8-14/h4-8,12-13,15H,9-11H2,1-3H3. The zero-order valence-electron chi connectivity index (χ0n) is 10.7. The number of hydrogen-bond donors (Lipinski definition) is 0. The minimum absolute atomic E-state index is 0.736. The van der Waals surface area contributed by atoms with Crippen LogP contribution in [-0.4, -0.2) is 24.5 Å². The van der Waals surface area contributed by atoms with E-state index < -0.39 is 0 Å². The highest BCUT2D eigenvalue weighted by Crippen LogP contribution is 2.32. The smallest absolute Gasteiger partial charge is 0.00535 e. The highest BCUT2D eigenvalue weighted by atomic mass is 15.2. The van der Waals surface area contributed by atoms with Gasteiger partial charge in [-0.15, -0.1) is 0 Å². The van der Waals surface area contributed by atoms with Gasteiger partial charge in [0, 0.05) is 25.6 Å². The van der Waals surface area contributed by atoms with Crippen LogP contribution in [-0.2, 0) is 0 Å². The molecule has 1 nitrogen and oxygen atoms in total. The highest BCUT2D eigenvalue weighted by Gasteiger charge is 2.30. The Kier molecular flexibility index (Phi) is 3.65. The average Bonchev–Trinajstić information content (AvgIpc) is 2.60. The molecule has 0 aliphatic carbocycles. The largest absolute Gasteiger partial charge is 0.302 e. The second kappa shape index (κ2) is 5.01. The van der Waals surface area contributed by atoms with Crippen LogP contribution in [0.3, 0.4) is 0 Å². The maximum absolute atomic E-state index is 2.62. The summed E-state index contributed by atoms with van der Waals surface area (Å²) in [6.45, 7) is 10.7. The van der Waals surface area contributed by atoms with Crippen LogP contribution in [0.15, 0.2) is 30.3 Å². The molecule has 16 heavy (non-hydrogen) atoms. The van der Waals surface area contributed by atoms with Gasteiger partial charge >= 0.3 is 0 Å². The first-order chi connectivity index (χ1) is 7.66. The summed E-state index contributed by atoms with van der Waals surface area (Å²) in [5, 5.41) is 0. The molecular formula is C15H23N. The van der Waals surface area contributed by atoms with Crippen LogP contribution in [0.25, 0.3) is 0 Å². The van der Waals surface area contributed by atoms with Crippen LogP contribution >= 0.6 is 0 Å². The predicted molar refractivity (Wildman–Crippen MR) is 69.6 cm³/mol. The van der Waals surface area contributed by atoms with Gasteiger partial charge in [0.25, 0.3) is 0 Å². The van der Waals surface area contributed by atoms with Crippen molar-refractivity contribution in [2.75, 3.05) is 19.6 Å². The van der Waals surface area contributed by atoms with E-state index in [1.165, 1.54) is 25.2 Å². The first kappa shape index (κ1) is 11.7. The first-order valence-electron chi connectivity index (χ1n) is 6.44. The molecule has 88 valence electrons. The predicted octanol–water partition coefficient (Wildman–Crippen LogP) is 3.38. The van der Waals surface area contributed by atoms with Crippen LogP contribution < -0.4 is 0 Å².